The highest BCUT2D eigenvalue weighted by atomic mass is 16.6. The molecule has 0 aliphatic carbocycles. The molecule has 0 atom stereocenters. The van der Waals surface area contributed by atoms with E-state index in [-0.39, 0.29) is 12.3 Å². The van der Waals surface area contributed by atoms with Gasteiger partial charge in [0.25, 0.3) is 0 Å². The molecule has 8 heavy (non-hydrogen) atoms. The van der Waals surface area contributed by atoms with Gasteiger partial charge in [-0.15, -0.1) is 0 Å². The van der Waals surface area contributed by atoms with Crippen LogP contribution in [0.25, 0.3) is 0 Å². The van der Waals surface area contributed by atoms with Gasteiger partial charge in [0.2, 0.25) is 0 Å². The standard InChI is InChI=1S/C4H5NO.2N/c1-2-4-6-5-3-1;;/h1-5H;;. The van der Waals surface area contributed by atoms with Crippen LogP contribution in [0.5, 0.6) is 0 Å². The highest BCUT2D eigenvalue weighted by molar-refractivity contribution is 5.00. The molecular formula is C4H5N3O. The number of hydrogen-bond donors (Lipinski definition) is 1. The van der Waals surface area contributed by atoms with E-state index in [0.717, 1.165) is 0 Å². The summed E-state index contributed by atoms with van der Waals surface area (Å²) in [5, 5.41) is 0. The van der Waals surface area contributed by atoms with E-state index in [2.05, 4.69) is 10.3 Å². The molecule has 0 bridgehead atoms. The second-order valence-electron chi connectivity index (χ2n) is 0.923. The first-order valence-electron chi connectivity index (χ1n) is 1.73. The van der Waals surface area contributed by atoms with Gasteiger partial charge in [0.05, 0.1) is 0 Å². The summed E-state index contributed by atoms with van der Waals surface area (Å²) in [4.78, 5) is 4.55. The van der Waals surface area contributed by atoms with Crippen molar-refractivity contribution in [3.63, 3.8) is 0 Å². The van der Waals surface area contributed by atoms with Gasteiger partial charge in [-0.05, 0) is 12.2 Å². The van der Waals surface area contributed by atoms with E-state index in [1.807, 2.05) is 6.08 Å². The zero-order valence-corrected chi connectivity index (χ0v) is 4.11. The fourth-order valence-corrected chi connectivity index (χ4v) is 0.258. The van der Waals surface area contributed by atoms with Crippen molar-refractivity contribution >= 4 is 0 Å². The Balaban J connectivity index is 0. The van der Waals surface area contributed by atoms with Crippen molar-refractivity contribution in [1.82, 2.24) is 17.8 Å². The first-order chi connectivity index (χ1) is 3.00. The summed E-state index contributed by atoms with van der Waals surface area (Å²) in [6, 6.07) is 0. The molecule has 1 heterocycles. The molecule has 1 N–H and O–H groups in total. The molecule has 1 aliphatic rings. The maximum absolute atomic E-state index is 4.55. The second-order valence-corrected chi connectivity index (χ2v) is 0.923. The molecule has 1 rings (SSSR count). The first-order valence-corrected chi connectivity index (χ1v) is 1.73. The largest absolute Gasteiger partial charge is 0.391 e. The summed E-state index contributed by atoms with van der Waals surface area (Å²) in [5.74, 6) is 0. The summed E-state index contributed by atoms with van der Waals surface area (Å²) in [7, 11) is 0. The van der Waals surface area contributed by atoms with Crippen LogP contribution < -0.4 is 17.8 Å². The van der Waals surface area contributed by atoms with Crippen LogP contribution >= 0.6 is 0 Å². The molecule has 0 unspecified atom stereocenters. The maximum atomic E-state index is 4.55. The Morgan fingerprint density at radius 1 is 1.12 bits per heavy atom. The number of rotatable bonds is 0. The Morgan fingerprint density at radius 2 is 1.88 bits per heavy atom. The lowest BCUT2D eigenvalue weighted by atomic mass is 10.6. The van der Waals surface area contributed by atoms with Crippen LogP contribution in [0.15, 0.2) is 24.6 Å². The van der Waals surface area contributed by atoms with Crippen LogP contribution in [0.3, 0.4) is 0 Å². The topological polar surface area (TPSA) is 82.3 Å². The van der Waals surface area contributed by atoms with Crippen LogP contribution in [0, 0.1) is 0 Å². The van der Waals surface area contributed by atoms with Gasteiger partial charge in [-0.3, -0.25) is 0 Å². The SMILES string of the molecule is C1=CNOC=C1.[N].[N]. The van der Waals surface area contributed by atoms with Gasteiger partial charge in [0.1, 0.15) is 6.26 Å². The quantitative estimate of drug-likeness (QED) is 0.460. The normalized spacial score (nSPS) is 12.0. The van der Waals surface area contributed by atoms with E-state index in [1.165, 1.54) is 0 Å². The Morgan fingerprint density at radius 3 is 2.00 bits per heavy atom. The van der Waals surface area contributed by atoms with E-state index in [4.69, 9.17) is 0 Å². The van der Waals surface area contributed by atoms with E-state index in [9.17, 15) is 0 Å². The summed E-state index contributed by atoms with van der Waals surface area (Å²) in [6.45, 7) is 0. The smallest absolute Gasteiger partial charge is 0.119 e. The van der Waals surface area contributed by atoms with Crippen molar-refractivity contribution < 1.29 is 4.84 Å². The molecule has 6 radical (unpaired) electrons. The summed E-state index contributed by atoms with van der Waals surface area (Å²) in [6.07, 6.45) is 6.93. The lowest BCUT2D eigenvalue weighted by Gasteiger charge is -1.97. The average molecular weight is 111 g/mol. The molecule has 0 aromatic carbocycles. The molecule has 0 aromatic heterocycles. The predicted molar refractivity (Wildman–Crippen MR) is 26.8 cm³/mol. The van der Waals surface area contributed by atoms with Gasteiger partial charge in [0.15, 0.2) is 0 Å². The summed E-state index contributed by atoms with van der Waals surface area (Å²) in [5.41, 5.74) is 2.52. The van der Waals surface area contributed by atoms with Crippen molar-refractivity contribution in [1.29, 1.82) is 0 Å². The minimum Gasteiger partial charge on any atom is -0.391 e. The van der Waals surface area contributed by atoms with Gasteiger partial charge < -0.3 is 4.84 Å². The fraction of sp³-hybridized carbons (Fsp3) is 0. The number of hydrogen-bond acceptors (Lipinski definition) is 2. The highest BCUT2D eigenvalue weighted by Gasteiger charge is 1.72. The zero-order chi connectivity index (χ0) is 4.24. The average Bonchev–Trinajstić information content (AvgIpc) is 1.72. The maximum Gasteiger partial charge on any atom is 0.119 e. The number of allylic oxidation sites excluding steroid dienone is 2. The van der Waals surface area contributed by atoms with Gasteiger partial charge in [0, 0.05) is 18.5 Å². The van der Waals surface area contributed by atoms with E-state index < -0.39 is 0 Å². The van der Waals surface area contributed by atoms with Crippen LogP contribution in [-0.4, -0.2) is 0 Å². The molecular weight excluding hydrogens is 106 g/mol. The summed E-state index contributed by atoms with van der Waals surface area (Å²) >= 11 is 0. The Hall–Kier alpha value is -1.00. The summed E-state index contributed by atoms with van der Waals surface area (Å²) < 4.78 is 0. The molecule has 0 spiro atoms. The minimum absolute atomic E-state index is 0. The van der Waals surface area contributed by atoms with Gasteiger partial charge >= 0.3 is 0 Å². The van der Waals surface area contributed by atoms with E-state index in [1.54, 1.807) is 18.5 Å². The van der Waals surface area contributed by atoms with Crippen LogP contribution in [0.1, 0.15) is 0 Å². The molecule has 0 saturated carbocycles. The Kier molecular flexibility index (Phi) is 7.56. The number of nitrogens with one attached hydrogen (secondary N) is 1. The molecule has 1 aliphatic heterocycles. The van der Waals surface area contributed by atoms with Crippen molar-refractivity contribution in [3.05, 3.63) is 24.6 Å². The lowest BCUT2D eigenvalue weighted by Crippen LogP contribution is -2.01. The molecule has 42 valence electrons. The molecule has 4 nitrogen and oxygen atoms in total. The van der Waals surface area contributed by atoms with Crippen molar-refractivity contribution in [2.75, 3.05) is 0 Å². The number of hydroxylamine groups is 1. The lowest BCUT2D eigenvalue weighted by molar-refractivity contribution is 0.172. The van der Waals surface area contributed by atoms with Crippen molar-refractivity contribution in [2.24, 2.45) is 0 Å². The van der Waals surface area contributed by atoms with Gasteiger partial charge in [-0.2, -0.15) is 0 Å². The molecule has 0 fully saturated rings. The van der Waals surface area contributed by atoms with Crippen molar-refractivity contribution in [3.8, 4) is 0 Å². The molecule has 0 aromatic rings. The Bertz CT molecular complexity index is 77.3. The molecule has 0 saturated heterocycles. The van der Waals surface area contributed by atoms with Gasteiger partial charge in [-0.25, -0.2) is 5.48 Å². The fourth-order valence-electron chi connectivity index (χ4n) is 0.258. The third-order valence-corrected chi connectivity index (χ3v) is 0.490. The number of nitrogens with zero attached hydrogens (tertiary/aromatic N) is 2. The predicted octanol–water partition coefficient (Wildman–Crippen LogP) is -0.413. The molecule has 4 heteroatoms. The third-order valence-electron chi connectivity index (χ3n) is 0.490. The Labute approximate surface area is 48.3 Å². The van der Waals surface area contributed by atoms with Gasteiger partial charge in [-0.1, -0.05) is 0 Å². The molecule has 0 amide bonds. The second kappa shape index (κ2) is 6.00. The minimum atomic E-state index is 0. The van der Waals surface area contributed by atoms with E-state index >= 15 is 0 Å². The highest BCUT2D eigenvalue weighted by Crippen LogP contribution is 1.80. The first kappa shape index (κ1) is 10.1. The van der Waals surface area contributed by atoms with Crippen molar-refractivity contribution in [2.45, 2.75) is 0 Å². The third kappa shape index (κ3) is 3.20. The van der Waals surface area contributed by atoms with Crippen LogP contribution in [0.2, 0.25) is 0 Å². The van der Waals surface area contributed by atoms with Crippen LogP contribution in [0.4, 0.5) is 0 Å². The monoisotopic (exact) mass is 111 g/mol. The zero-order valence-electron chi connectivity index (χ0n) is 4.11. The van der Waals surface area contributed by atoms with Crippen LogP contribution in [-0.2, 0) is 4.84 Å². The van der Waals surface area contributed by atoms with E-state index in [0.29, 0.717) is 0 Å².